The Hall–Kier alpha value is -1.73. The third-order valence-corrected chi connectivity index (χ3v) is 2.95. The van der Waals surface area contributed by atoms with Crippen LogP contribution in [0.3, 0.4) is 0 Å². The minimum atomic E-state index is 0.0449. The molecule has 1 heterocycles. The van der Waals surface area contributed by atoms with Gasteiger partial charge < -0.3 is 15.2 Å². The van der Waals surface area contributed by atoms with Crippen molar-refractivity contribution in [3.8, 4) is 17.6 Å². The molecule has 2 N–H and O–H groups in total. The van der Waals surface area contributed by atoms with Crippen LogP contribution in [0.5, 0.6) is 11.5 Å². The van der Waals surface area contributed by atoms with E-state index < -0.39 is 0 Å². The molecule has 1 unspecified atom stereocenters. The van der Waals surface area contributed by atoms with Crippen molar-refractivity contribution in [1.82, 2.24) is 5.32 Å². The number of methoxy groups -OCH3 is 1. The molecular formula is C12H14N2O2. The van der Waals surface area contributed by atoms with E-state index in [2.05, 4.69) is 5.32 Å². The van der Waals surface area contributed by atoms with Crippen LogP contribution in [-0.4, -0.2) is 25.3 Å². The van der Waals surface area contributed by atoms with E-state index in [-0.39, 0.29) is 11.5 Å². The predicted molar refractivity (Wildman–Crippen MR) is 59.6 cm³/mol. The number of hydrogen-bond donors (Lipinski definition) is 2. The van der Waals surface area contributed by atoms with Gasteiger partial charge in [0, 0.05) is 6.54 Å². The number of phenolic OH excluding ortho intramolecular Hbond substituents is 1. The molecule has 0 aromatic heterocycles. The van der Waals surface area contributed by atoms with Gasteiger partial charge in [-0.2, -0.15) is 5.26 Å². The van der Waals surface area contributed by atoms with Crippen LogP contribution in [0.1, 0.15) is 23.5 Å². The first-order valence-electron chi connectivity index (χ1n) is 5.28. The Kier molecular flexibility index (Phi) is 2.97. The summed E-state index contributed by atoms with van der Waals surface area (Å²) in [5.41, 5.74) is 1.39. The zero-order valence-electron chi connectivity index (χ0n) is 9.16. The second kappa shape index (κ2) is 4.42. The second-order valence-corrected chi connectivity index (χ2v) is 3.92. The van der Waals surface area contributed by atoms with Gasteiger partial charge in [-0.25, -0.2) is 0 Å². The fourth-order valence-electron chi connectivity index (χ4n) is 2.11. The molecule has 0 saturated carbocycles. The van der Waals surface area contributed by atoms with Crippen molar-refractivity contribution in [1.29, 1.82) is 5.26 Å². The standard InChI is InChI=1S/C12H14N2O2/c1-16-12-10(6-13)4-9(5-11(12)15)8-2-3-14-7-8/h4-5,8,14-15H,2-3,7H2,1H3. The second-order valence-electron chi connectivity index (χ2n) is 3.92. The first-order chi connectivity index (χ1) is 7.76. The van der Waals surface area contributed by atoms with Gasteiger partial charge in [-0.1, -0.05) is 0 Å². The van der Waals surface area contributed by atoms with E-state index in [1.165, 1.54) is 7.11 Å². The number of phenols is 1. The van der Waals surface area contributed by atoms with Crippen molar-refractivity contribution in [3.63, 3.8) is 0 Å². The van der Waals surface area contributed by atoms with Crippen LogP contribution in [0.25, 0.3) is 0 Å². The Morgan fingerprint density at radius 2 is 2.38 bits per heavy atom. The van der Waals surface area contributed by atoms with Crippen molar-refractivity contribution in [2.24, 2.45) is 0 Å². The fourth-order valence-corrected chi connectivity index (χ4v) is 2.11. The average molecular weight is 218 g/mol. The maximum absolute atomic E-state index is 9.77. The Balaban J connectivity index is 2.41. The predicted octanol–water partition coefficient (Wildman–Crippen LogP) is 1.35. The highest BCUT2D eigenvalue weighted by Crippen LogP contribution is 2.35. The third-order valence-electron chi connectivity index (χ3n) is 2.95. The minimum absolute atomic E-state index is 0.0449. The molecule has 4 heteroatoms. The van der Waals surface area contributed by atoms with E-state index in [1.54, 1.807) is 12.1 Å². The average Bonchev–Trinajstić information content (AvgIpc) is 2.81. The summed E-state index contributed by atoms with van der Waals surface area (Å²) >= 11 is 0. The summed E-state index contributed by atoms with van der Waals surface area (Å²) in [5.74, 6) is 0.685. The van der Waals surface area contributed by atoms with Crippen LogP contribution >= 0.6 is 0 Å². The molecule has 1 aromatic carbocycles. The van der Waals surface area contributed by atoms with Crippen molar-refractivity contribution < 1.29 is 9.84 Å². The van der Waals surface area contributed by atoms with Crippen LogP contribution in [0.4, 0.5) is 0 Å². The van der Waals surface area contributed by atoms with Crippen molar-refractivity contribution in [2.45, 2.75) is 12.3 Å². The number of ether oxygens (including phenoxy) is 1. The zero-order valence-corrected chi connectivity index (χ0v) is 9.16. The minimum Gasteiger partial charge on any atom is -0.504 e. The summed E-state index contributed by atoms with van der Waals surface area (Å²) in [4.78, 5) is 0. The van der Waals surface area contributed by atoms with Gasteiger partial charge in [-0.05, 0) is 36.6 Å². The zero-order chi connectivity index (χ0) is 11.5. The van der Waals surface area contributed by atoms with Crippen LogP contribution in [0.2, 0.25) is 0 Å². The Bertz CT molecular complexity index is 431. The van der Waals surface area contributed by atoms with Gasteiger partial charge in [0.05, 0.1) is 12.7 Å². The normalized spacial score (nSPS) is 19.4. The van der Waals surface area contributed by atoms with E-state index >= 15 is 0 Å². The largest absolute Gasteiger partial charge is 0.504 e. The molecule has 0 spiro atoms. The molecule has 1 atom stereocenters. The van der Waals surface area contributed by atoms with E-state index in [0.717, 1.165) is 25.1 Å². The number of nitrogens with one attached hydrogen (secondary N) is 1. The molecular weight excluding hydrogens is 204 g/mol. The molecule has 0 bridgehead atoms. The molecule has 0 radical (unpaired) electrons. The Morgan fingerprint density at radius 3 is 2.94 bits per heavy atom. The van der Waals surface area contributed by atoms with Crippen LogP contribution in [0.15, 0.2) is 12.1 Å². The molecule has 0 aliphatic carbocycles. The number of nitriles is 1. The third kappa shape index (κ3) is 1.82. The van der Waals surface area contributed by atoms with Crippen LogP contribution < -0.4 is 10.1 Å². The van der Waals surface area contributed by atoms with Gasteiger partial charge in [0.25, 0.3) is 0 Å². The first-order valence-corrected chi connectivity index (χ1v) is 5.28. The quantitative estimate of drug-likeness (QED) is 0.786. The van der Waals surface area contributed by atoms with Gasteiger partial charge in [0.2, 0.25) is 0 Å². The van der Waals surface area contributed by atoms with E-state index in [9.17, 15) is 5.11 Å². The van der Waals surface area contributed by atoms with Gasteiger partial charge in [0.1, 0.15) is 6.07 Å². The lowest BCUT2D eigenvalue weighted by atomic mass is 9.96. The molecule has 2 rings (SSSR count). The van der Waals surface area contributed by atoms with Crippen molar-refractivity contribution in [2.75, 3.05) is 20.2 Å². The molecule has 4 nitrogen and oxygen atoms in total. The first kappa shape index (κ1) is 10.8. The molecule has 84 valence electrons. The topological polar surface area (TPSA) is 65.3 Å². The number of hydrogen-bond acceptors (Lipinski definition) is 4. The molecule has 1 aliphatic heterocycles. The Morgan fingerprint density at radius 1 is 1.56 bits per heavy atom. The summed E-state index contributed by atoms with van der Waals surface area (Å²) < 4.78 is 5.00. The maximum atomic E-state index is 9.77. The summed E-state index contributed by atoms with van der Waals surface area (Å²) in [6.07, 6.45) is 1.04. The summed E-state index contributed by atoms with van der Waals surface area (Å²) in [7, 11) is 1.45. The Labute approximate surface area is 94.5 Å². The smallest absolute Gasteiger partial charge is 0.178 e. The van der Waals surface area contributed by atoms with Crippen molar-refractivity contribution >= 4 is 0 Å². The molecule has 16 heavy (non-hydrogen) atoms. The van der Waals surface area contributed by atoms with Gasteiger partial charge >= 0.3 is 0 Å². The molecule has 0 amide bonds. The van der Waals surface area contributed by atoms with Crippen LogP contribution in [-0.2, 0) is 0 Å². The summed E-state index contributed by atoms with van der Waals surface area (Å²) in [5, 5.41) is 22.0. The SMILES string of the molecule is COc1c(O)cc(C2CCNC2)cc1C#N. The lowest BCUT2D eigenvalue weighted by molar-refractivity contribution is 0.371. The summed E-state index contributed by atoms with van der Waals surface area (Å²) in [6.45, 7) is 1.88. The van der Waals surface area contributed by atoms with Gasteiger partial charge in [-0.15, -0.1) is 0 Å². The van der Waals surface area contributed by atoms with Gasteiger partial charge in [0.15, 0.2) is 11.5 Å². The number of rotatable bonds is 2. The fraction of sp³-hybridized carbons (Fsp3) is 0.417. The number of aromatic hydroxyl groups is 1. The summed E-state index contributed by atoms with van der Waals surface area (Å²) in [6, 6.07) is 5.54. The highest BCUT2D eigenvalue weighted by molar-refractivity contribution is 5.54. The monoisotopic (exact) mass is 218 g/mol. The molecule has 1 aromatic rings. The maximum Gasteiger partial charge on any atom is 0.178 e. The molecule has 1 saturated heterocycles. The van der Waals surface area contributed by atoms with Crippen molar-refractivity contribution in [3.05, 3.63) is 23.3 Å². The van der Waals surface area contributed by atoms with E-state index in [0.29, 0.717) is 11.5 Å². The van der Waals surface area contributed by atoms with Crippen LogP contribution in [0, 0.1) is 11.3 Å². The number of benzene rings is 1. The highest BCUT2D eigenvalue weighted by atomic mass is 16.5. The van der Waals surface area contributed by atoms with Gasteiger partial charge in [-0.3, -0.25) is 0 Å². The van der Waals surface area contributed by atoms with E-state index in [4.69, 9.17) is 10.00 Å². The molecule has 1 fully saturated rings. The highest BCUT2D eigenvalue weighted by Gasteiger charge is 2.20. The number of nitrogens with zero attached hydrogens (tertiary/aromatic N) is 1. The van der Waals surface area contributed by atoms with E-state index in [1.807, 2.05) is 6.07 Å². The lowest BCUT2D eigenvalue weighted by Crippen LogP contribution is -2.08. The molecule has 1 aliphatic rings. The lowest BCUT2D eigenvalue weighted by Gasteiger charge is -2.12.